The molecule has 2 N–H and O–H groups in total. The summed E-state index contributed by atoms with van der Waals surface area (Å²) in [4.78, 5) is 21.0. The minimum atomic E-state index is -0.0364. The first-order valence-electron chi connectivity index (χ1n) is 7.59. The Morgan fingerprint density at radius 3 is 2.57 bits per heavy atom. The van der Waals surface area contributed by atoms with E-state index < -0.39 is 0 Å². The zero-order chi connectivity index (χ0) is 15.1. The van der Waals surface area contributed by atoms with Gasteiger partial charge >= 0.3 is 0 Å². The van der Waals surface area contributed by atoms with E-state index in [0.29, 0.717) is 12.1 Å². The average molecular weight is 364 g/mol. The van der Waals surface area contributed by atoms with Gasteiger partial charge in [-0.1, -0.05) is 6.92 Å². The van der Waals surface area contributed by atoms with E-state index in [4.69, 9.17) is 0 Å². The number of halogens is 2. The van der Waals surface area contributed by atoms with Crippen LogP contribution in [0.5, 0.6) is 0 Å². The van der Waals surface area contributed by atoms with E-state index in [1.807, 2.05) is 13.0 Å². The van der Waals surface area contributed by atoms with Crippen LogP contribution in [0.3, 0.4) is 0 Å². The van der Waals surface area contributed by atoms with Crippen LogP contribution in [0.15, 0.2) is 18.3 Å². The number of anilines is 1. The lowest BCUT2D eigenvalue weighted by Gasteiger charge is -2.33. The molecule has 0 spiro atoms. The topological polar surface area (TPSA) is 60.5 Å². The molecule has 1 aliphatic rings. The van der Waals surface area contributed by atoms with Gasteiger partial charge in [-0.25, -0.2) is 4.98 Å². The molecule has 2 rings (SSSR count). The second kappa shape index (κ2) is 11.5. The number of amides is 1. The van der Waals surface area contributed by atoms with Gasteiger partial charge in [0.1, 0.15) is 5.82 Å². The molecule has 1 saturated heterocycles. The van der Waals surface area contributed by atoms with Crippen molar-refractivity contribution < 1.29 is 4.79 Å². The second-order valence-electron chi connectivity index (χ2n) is 5.30. The number of carbonyl (C=O) groups excluding carboxylic acids is 1. The van der Waals surface area contributed by atoms with E-state index in [-0.39, 0.29) is 30.7 Å². The number of carbonyl (C=O) groups is 1. The van der Waals surface area contributed by atoms with Gasteiger partial charge in [0.25, 0.3) is 5.91 Å². The molecule has 1 fully saturated rings. The third-order valence-corrected chi connectivity index (χ3v) is 3.67. The van der Waals surface area contributed by atoms with Crippen LogP contribution in [-0.4, -0.2) is 68.7 Å². The van der Waals surface area contributed by atoms with E-state index >= 15 is 0 Å². The summed E-state index contributed by atoms with van der Waals surface area (Å²) < 4.78 is 0. The molecule has 6 nitrogen and oxygen atoms in total. The van der Waals surface area contributed by atoms with Gasteiger partial charge in [0.2, 0.25) is 0 Å². The lowest BCUT2D eigenvalue weighted by Crippen LogP contribution is -2.44. The molecule has 0 atom stereocenters. The third kappa shape index (κ3) is 6.91. The standard InChI is InChI=1S/C15H25N5O.2ClH/c1-3-16-6-7-18-15(21)13-4-5-17-14(12-13)20-10-8-19(2)9-11-20;;/h4-5,12,16H,3,6-11H2,1-2H3,(H,18,21);2*1H. The maximum atomic E-state index is 12.1. The lowest BCUT2D eigenvalue weighted by molar-refractivity contribution is 0.0954. The summed E-state index contributed by atoms with van der Waals surface area (Å²) >= 11 is 0. The monoisotopic (exact) mass is 363 g/mol. The van der Waals surface area contributed by atoms with Crippen molar-refractivity contribution in [1.82, 2.24) is 20.5 Å². The smallest absolute Gasteiger partial charge is 0.251 e. The molecular formula is C15H27Cl2N5O. The molecule has 1 aromatic heterocycles. The molecular weight excluding hydrogens is 337 g/mol. The predicted molar refractivity (Wildman–Crippen MR) is 99.3 cm³/mol. The summed E-state index contributed by atoms with van der Waals surface area (Å²) in [6.07, 6.45) is 1.72. The van der Waals surface area contributed by atoms with Gasteiger partial charge in [-0.2, -0.15) is 0 Å². The number of nitrogens with zero attached hydrogens (tertiary/aromatic N) is 3. The predicted octanol–water partition coefficient (Wildman–Crippen LogP) is 1.02. The number of hydrogen-bond donors (Lipinski definition) is 2. The van der Waals surface area contributed by atoms with Gasteiger partial charge in [-0.3, -0.25) is 4.79 Å². The minimum Gasteiger partial charge on any atom is -0.354 e. The number of nitrogens with one attached hydrogen (secondary N) is 2. The first-order valence-corrected chi connectivity index (χ1v) is 7.59. The maximum Gasteiger partial charge on any atom is 0.251 e. The summed E-state index contributed by atoms with van der Waals surface area (Å²) in [6, 6.07) is 3.65. The van der Waals surface area contributed by atoms with Crippen molar-refractivity contribution in [1.29, 1.82) is 0 Å². The van der Waals surface area contributed by atoms with E-state index in [9.17, 15) is 4.79 Å². The van der Waals surface area contributed by atoms with Crippen LogP contribution < -0.4 is 15.5 Å². The Bertz CT molecular complexity index is 467. The highest BCUT2D eigenvalue weighted by Gasteiger charge is 2.16. The fraction of sp³-hybridized carbons (Fsp3) is 0.600. The average Bonchev–Trinajstić information content (AvgIpc) is 2.52. The molecule has 0 radical (unpaired) electrons. The molecule has 2 heterocycles. The molecule has 132 valence electrons. The highest BCUT2D eigenvalue weighted by Crippen LogP contribution is 2.14. The van der Waals surface area contributed by atoms with Gasteiger partial charge in [-0.05, 0) is 25.7 Å². The Balaban J connectivity index is 0.00000242. The van der Waals surface area contributed by atoms with Crippen molar-refractivity contribution in [3.8, 4) is 0 Å². The molecule has 1 aromatic rings. The number of hydrogen-bond acceptors (Lipinski definition) is 5. The van der Waals surface area contributed by atoms with Crippen molar-refractivity contribution in [2.24, 2.45) is 0 Å². The van der Waals surface area contributed by atoms with Gasteiger partial charge < -0.3 is 20.4 Å². The van der Waals surface area contributed by atoms with Crippen LogP contribution >= 0.6 is 24.8 Å². The van der Waals surface area contributed by atoms with E-state index in [0.717, 1.165) is 45.1 Å². The second-order valence-corrected chi connectivity index (χ2v) is 5.30. The van der Waals surface area contributed by atoms with Crippen LogP contribution in [0.2, 0.25) is 0 Å². The molecule has 0 saturated carbocycles. The number of aromatic nitrogens is 1. The van der Waals surface area contributed by atoms with Crippen LogP contribution in [-0.2, 0) is 0 Å². The van der Waals surface area contributed by atoms with Crippen LogP contribution in [0.4, 0.5) is 5.82 Å². The van der Waals surface area contributed by atoms with Crippen LogP contribution in [0.1, 0.15) is 17.3 Å². The summed E-state index contributed by atoms with van der Waals surface area (Å²) in [6.45, 7) is 8.36. The minimum absolute atomic E-state index is 0. The zero-order valence-corrected chi connectivity index (χ0v) is 15.4. The molecule has 23 heavy (non-hydrogen) atoms. The molecule has 1 aliphatic heterocycles. The summed E-state index contributed by atoms with van der Waals surface area (Å²) in [5.74, 6) is 0.855. The Kier molecular flexibility index (Phi) is 10.9. The van der Waals surface area contributed by atoms with Gasteiger partial charge in [-0.15, -0.1) is 24.8 Å². The molecule has 8 heteroatoms. The van der Waals surface area contributed by atoms with E-state index in [1.54, 1.807) is 12.3 Å². The highest BCUT2D eigenvalue weighted by atomic mass is 35.5. The Morgan fingerprint density at radius 2 is 1.91 bits per heavy atom. The number of rotatable bonds is 6. The van der Waals surface area contributed by atoms with Crippen LogP contribution in [0, 0.1) is 0 Å². The third-order valence-electron chi connectivity index (χ3n) is 3.67. The number of pyridine rings is 1. The summed E-state index contributed by atoms with van der Waals surface area (Å²) in [5, 5.41) is 6.10. The van der Waals surface area contributed by atoms with E-state index in [2.05, 4.69) is 32.5 Å². The quantitative estimate of drug-likeness (QED) is 0.738. The van der Waals surface area contributed by atoms with E-state index in [1.165, 1.54) is 0 Å². The lowest BCUT2D eigenvalue weighted by atomic mass is 10.2. The molecule has 0 unspecified atom stereocenters. The first kappa shape index (κ1) is 21.9. The fourth-order valence-electron chi connectivity index (χ4n) is 2.31. The summed E-state index contributed by atoms with van der Waals surface area (Å²) in [5.41, 5.74) is 0.676. The molecule has 0 bridgehead atoms. The maximum absolute atomic E-state index is 12.1. The van der Waals surface area contributed by atoms with Crippen molar-refractivity contribution in [2.75, 3.05) is 57.8 Å². The number of likely N-dealkylation sites (N-methyl/N-ethyl adjacent to an activating group) is 2. The molecule has 1 amide bonds. The first-order chi connectivity index (χ1) is 10.2. The Hall–Kier alpha value is -1.08. The SMILES string of the molecule is CCNCCNC(=O)c1ccnc(N2CCN(C)CC2)c1.Cl.Cl. The molecule has 0 aromatic carbocycles. The van der Waals surface area contributed by atoms with Crippen molar-refractivity contribution >= 4 is 36.5 Å². The van der Waals surface area contributed by atoms with Crippen molar-refractivity contribution in [3.05, 3.63) is 23.9 Å². The van der Waals surface area contributed by atoms with Gasteiger partial charge in [0, 0.05) is 51.0 Å². The van der Waals surface area contributed by atoms with Crippen molar-refractivity contribution in [2.45, 2.75) is 6.92 Å². The van der Waals surface area contributed by atoms with Crippen molar-refractivity contribution in [3.63, 3.8) is 0 Å². The van der Waals surface area contributed by atoms with Gasteiger partial charge in [0.15, 0.2) is 0 Å². The van der Waals surface area contributed by atoms with Gasteiger partial charge in [0.05, 0.1) is 0 Å². The zero-order valence-electron chi connectivity index (χ0n) is 13.7. The Morgan fingerprint density at radius 1 is 1.22 bits per heavy atom. The highest BCUT2D eigenvalue weighted by molar-refractivity contribution is 5.94. The number of piperazine rings is 1. The normalized spacial score (nSPS) is 14.6. The Labute approximate surface area is 150 Å². The summed E-state index contributed by atoms with van der Waals surface area (Å²) in [7, 11) is 2.12. The largest absolute Gasteiger partial charge is 0.354 e. The van der Waals surface area contributed by atoms with Crippen LogP contribution in [0.25, 0.3) is 0 Å². The molecule has 0 aliphatic carbocycles. The fourth-order valence-corrected chi connectivity index (χ4v) is 2.31.